The summed E-state index contributed by atoms with van der Waals surface area (Å²) in [5.74, 6) is -0.319. The van der Waals surface area contributed by atoms with Crippen molar-refractivity contribution in [2.45, 2.75) is 74.7 Å². The number of rotatable bonds is 7. The number of anilines is 1. The van der Waals surface area contributed by atoms with Crippen LogP contribution in [-0.4, -0.2) is 62.7 Å². The molecule has 3 aromatic heterocycles. The van der Waals surface area contributed by atoms with Gasteiger partial charge in [-0.05, 0) is 46.5 Å². The lowest BCUT2D eigenvalue weighted by Crippen LogP contribution is -2.40. The highest BCUT2D eigenvalue weighted by molar-refractivity contribution is 7.92. The van der Waals surface area contributed by atoms with Crippen LogP contribution in [0.25, 0.3) is 17.0 Å². The summed E-state index contributed by atoms with van der Waals surface area (Å²) in [6, 6.07) is 3.09. The van der Waals surface area contributed by atoms with Crippen molar-refractivity contribution in [2.75, 3.05) is 19.0 Å². The van der Waals surface area contributed by atoms with Crippen LogP contribution in [0.4, 0.5) is 10.2 Å². The molecule has 4 rings (SSSR count). The predicted octanol–water partition coefficient (Wildman–Crippen LogP) is 3.38. The maximum Gasteiger partial charge on any atom is 0.263 e. The first-order chi connectivity index (χ1) is 16.9. The lowest BCUT2D eigenvalue weighted by atomic mass is 9.86. The van der Waals surface area contributed by atoms with Gasteiger partial charge in [0.1, 0.15) is 27.8 Å². The van der Waals surface area contributed by atoms with Crippen LogP contribution >= 0.6 is 0 Å². The number of fused-ring (bicyclic) bond motifs is 1. The zero-order valence-electron chi connectivity index (χ0n) is 20.9. The van der Waals surface area contributed by atoms with E-state index in [4.69, 9.17) is 4.74 Å². The average Bonchev–Trinajstić information content (AvgIpc) is 3.41. The Bertz CT molecular complexity index is 1380. The molecule has 0 aliphatic heterocycles. The number of ether oxygens (including phenoxy) is 1. The molecule has 3 heterocycles. The van der Waals surface area contributed by atoms with Crippen LogP contribution in [0.2, 0.25) is 0 Å². The van der Waals surface area contributed by atoms with E-state index in [-0.39, 0.29) is 42.5 Å². The van der Waals surface area contributed by atoms with Gasteiger partial charge in [0, 0.05) is 18.3 Å². The highest BCUT2D eigenvalue weighted by Crippen LogP contribution is 2.36. The second kappa shape index (κ2) is 9.47. The first-order valence-electron chi connectivity index (χ1n) is 11.9. The zero-order chi connectivity index (χ0) is 26.3. The quantitative estimate of drug-likeness (QED) is 0.488. The van der Waals surface area contributed by atoms with Crippen molar-refractivity contribution in [3.8, 4) is 17.1 Å². The number of nitrogens with one attached hydrogen (secondary N) is 1. The fraction of sp³-hybridized carbons (Fsp3) is 0.542. The summed E-state index contributed by atoms with van der Waals surface area (Å²) in [6.07, 6.45) is 5.50. The smallest absolute Gasteiger partial charge is 0.263 e. The third-order valence-corrected chi connectivity index (χ3v) is 9.04. The highest BCUT2D eigenvalue weighted by atomic mass is 32.2. The monoisotopic (exact) mass is 521 g/mol. The molecule has 0 aromatic carbocycles. The molecule has 36 heavy (non-hydrogen) atoms. The Labute approximate surface area is 209 Å². The average molecular weight is 522 g/mol. The number of nitrogens with zero attached hydrogens (tertiary/aromatic N) is 4. The molecule has 0 saturated heterocycles. The SMILES string of the molecule is COc1cc2ncc(-c3cc(NC(=O)C4(F)CCCCC4)n(CCO)n3)n2cc1S(=O)(=O)C(C)(C)C. The minimum absolute atomic E-state index is 0.00392. The second-order valence-corrected chi connectivity index (χ2v) is 12.7. The Hall–Kier alpha value is -2.99. The Morgan fingerprint density at radius 1 is 1.25 bits per heavy atom. The van der Waals surface area contributed by atoms with Crippen LogP contribution in [0.3, 0.4) is 0 Å². The molecule has 0 spiro atoms. The highest BCUT2D eigenvalue weighted by Gasteiger charge is 2.40. The maximum absolute atomic E-state index is 15.2. The number of aliphatic hydroxyl groups excluding tert-OH is 1. The van der Waals surface area contributed by atoms with Crippen molar-refractivity contribution in [3.05, 3.63) is 24.5 Å². The van der Waals surface area contributed by atoms with Gasteiger partial charge < -0.3 is 15.2 Å². The molecule has 0 unspecified atom stereocenters. The number of methoxy groups -OCH3 is 1. The Morgan fingerprint density at radius 2 is 1.94 bits per heavy atom. The van der Waals surface area contributed by atoms with E-state index in [1.807, 2.05) is 0 Å². The summed E-state index contributed by atoms with van der Waals surface area (Å²) in [4.78, 5) is 17.2. The fourth-order valence-electron chi connectivity index (χ4n) is 4.34. The van der Waals surface area contributed by atoms with E-state index in [0.717, 1.165) is 6.42 Å². The largest absolute Gasteiger partial charge is 0.495 e. The van der Waals surface area contributed by atoms with Gasteiger partial charge in [0.25, 0.3) is 5.91 Å². The van der Waals surface area contributed by atoms with E-state index >= 15 is 4.39 Å². The van der Waals surface area contributed by atoms with Gasteiger partial charge in [-0.1, -0.05) is 6.42 Å². The molecule has 0 bridgehead atoms. The fourth-order valence-corrected chi connectivity index (χ4v) is 5.65. The normalized spacial score (nSPS) is 16.3. The Kier molecular flexibility index (Phi) is 6.86. The topological polar surface area (TPSA) is 128 Å². The number of carbonyl (C=O) groups is 1. The van der Waals surface area contributed by atoms with Crippen molar-refractivity contribution >= 4 is 27.2 Å². The number of aliphatic hydroxyl groups is 1. The number of imidazole rings is 1. The molecule has 0 radical (unpaired) electrons. The summed E-state index contributed by atoms with van der Waals surface area (Å²) in [5.41, 5.74) is -0.685. The van der Waals surface area contributed by atoms with E-state index in [2.05, 4.69) is 15.4 Å². The van der Waals surface area contributed by atoms with Crippen LogP contribution < -0.4 is 10.1 Å². The molecule has 2 N–H and O–H groups in total. The number of aromatic nitrogens is 4. The number of hydrogen-bond acceptors (Lipinski definition) is 7. The van der Waals surface area contributed by atoms with Gasteiger partial charge >= 0.3 is 0 Å². The molecular formula is C24H32FN5O5S. The Morgan fingerprint density at radius 3 is 2.56 bits per heavy atom. The molecule has 1 saturated carbocycles. The van der Waals surface area contributed by atoms with Crippen LogP contribution in [0.1, 0.15) is 52.9 Å². The first-order valence-corrected chi connectivity index (χ1v) is 13.4. The summed E-state index contributed by atoms with van der Waals surface area (Å²) in [7, 11) is -2.37. The van der Waals surface area contributed by atoms with E-state index in [0.29, 0.717) is 29.9 Å². The van der Waals surface area contributed by atoms with E-state index in [1.165, 1.54) is 30.3 Å². The molecule has 1 amide bonds. The Balaban J connectivity index is 1.78. The third kappa shape index (κ3) is 4.59. The van der Waals surface area contributed by atoms with Gasteiger partial charge in [0.2, 0.25) is 0 Å². The van der Waals surface area contributed by atoms with Gasteiger partial charge in [-0.15, -0.1) is 0 Å². The van der Waals surface area contributed by atoms with Crippen LogP contribution in [0.15, 0.2) is 29.4 Å². The van der Waals surface area contributed by atoms with Gasteiger partial charge in [0.05, 0.1) is 36.9 Å². The second-order valence-electron chi connectivity index (χ2n) is 10.0. The standard InChI is InChI=1S/C24H32FN5O5S/c1-23(2,3)36(33,34)19-15-29-17(14-26-20(29)13-18(19)35-4)16-12-21(30(28-16)10-11-31)27-22(32)24(25)8-6-5-7-9-24/h12-15,31H,5-11H2,1-4H3,(H,27,32). The molecule has 1 fully saturated rings. The van der Waals surface area contributed by atoms with Gasteiger partial charge in [-0.3, -0.25) is 9.20 Å². The van der Waals surface area contributed by atoms with Gasteiger partial charge in [-0.25, -0.2) is 22.5 Å². The molecule has 1 aliphatic carbocycles. The lowest BCUT2D eigenvalue weighted by Gasteiger charge is -2.27. The first kappa shape index (κ1) is 26.1. The minimum Gasteiger partial charge on any atom is -0.495 e. The molecule has 12 heteroatoms. The number of amides is 1. The van der Waals surface area contributed by atoms with Crippen molar-refractivity contribution in [3.63, 3.8) is 0 Å². The van der Waals surface area contributed by atoms with Crippen LogP contribution in [-0.2, 0) is 21.2 Å². The lowest BCUT2D eigenvalue weighted by molar-refractivity contribution is -0.129. The van der Waals surface area contributed by atoms with E-state index in [1.54, 1.807) is 31.2 Å². The van der Waals surface area contributed by atoms with Crippen molar-refractivity contribution in [1.29, 1.82) is 0 Å². The third-order valence-electron chi connectivity index (χ3n) is 6.54. The summed E-state index contributed by atoms with van der Waals surface area (Å²) < 4.78 is 48.9. The van der Waals surface area contributed by atoms with Gasteiger partial charge in [-0.2, -0.15) is 5.10 Å². The summed E-state index contributed by atoms with van der Waals surface area (Å²) >= 11 is 0. The number of alkyl halides is 1. The number of hydrogen-bond donors (Lipinski definition) is 2. The van der Waals surface area contributed by atoms with Crippen molar-refractivity contribution in [2.24, 2.45) is 0 Å². The maximum atomic E-state index is 15.2. The zero-order valence-corrected chi connectivity index (χ0v) is 21.7. The summed E-state index contributed by atoms with van der Waals surface area (Å²) in [5, 5.41) is 16.6. The number of carbonyl (C=O) groups excluding carboxylic acids is 1. The van der Waals surface area contributed by atoms with E-state index in [9.17, 15) is 18.3 Å². The van der Waals surface area contributed by atoms with Crippen molar-refractivity contribution < 1.29 is 27.4 Å². The van der Waals surface area contributed by atoms with Crippen molar-refractivity contribution in [1.82, 2.24) is 19.2 Å². The van der Waals surface area contributed by atoms with E-state index < -0.39 is 26.2 Å². The van der Waals surface area contributed by atoms with Crippen LogP contribution in [0, 0.1) is 0 Å². The molecule has 1 aliphatic rings. The summed E-state index contributed by atoms with van der Waals surface area (Å²) in [6.45, 7) is 4.65. The molecule has 10 nitrogen and oxygen atoms in total. The molecule has 0 atom stereocenters. The molecule has 196 valence electrons. The predicted molar refractivity (Wildman–Crippen MR) is 133 cm³/mol. The number of sulfone groups is 1. The number of halogens is 1. The molecular weight excluding hydrogens is 489 g/mol. The molecule has 3 aromatic rings. The van der Waals surface area contributed by atoms with Crippen LogP contribution in [0.5, 0.6) is 5.75 Å². The minimum atomic E-state index is -3.77. The van der Waals surface area contributed by atoms with Gasteiger partial charge in [0.15, 0.2) is 15.5 Å². The number of pyridine rings is 1.